The van der Waals surface area contributed by atoms with E-state index in [0.717, 1.165) is 0 Å². The van der Waals surface area contributed by atoms with Crippen molar-refractivity contribution in [1.82, 2.24) is 9.78 Å². The van der Waals surface area contributed by atoms with Gasteiger partial charge in [-0.3, -0.25) is 9.48 Å². The number of rotatable bonds is 5. The molecule has 1 amide bonds. The van der Waals surface area contributed by atoms with Gasteiger partial charge in [0.1, 0.15) is 18.1 Å². The number of aryl methyl sites for hydroxylation is 1. The highest BCUT2D eigenvalue weighted by molar-refractivity contribution is 6.03. The van der Waals surface area contributed by atoms with E-state index >= 15 is 0 Å². The normalized spacial score (nSPS) is 10.2. The molecule has 0 aliphatic heterocycles. The second-order valence-electron chi connectivity index (χ2n) is 3.93. The van der Waals surface area contributed by atoms with Gasteiger partial charge in [-0.2, -0.15) is 5.10 Å². The predicted octanol–water partition coefficient (Wildman–Crippen LogP) is 1.01. The Balaban J connectivity index is 2.15. The average Bonchev–Trinajstić information content (AvgIpc) is 2.84. The number of hydrogen-bond donors (Lipinski definition) is 2. The van der Waals surface area contributed by atoms with E-state index in [1.54, 1.807) is 31.4 Å². The highest BCUT2D eigenvalue weighted by Gasteiger charge is 2.12. The van der Waals surface area contributed by atoms with Crippen molar-refractivity contribution in [3.8, 4) is 5.75 Å². The number of benzene rings is 1. The van der Waals surface area contributed by atoms with Crippen molar-refractivity contribution in [1.29, 1.82) is 0 Å². The van der Waals surface area contributed by atoms with Gasteiger partial charge >= 0.3 is 0 Å². The molecule has 0 spiro atoms. The lowest BCUT2D eigenvalue weighted by Crippen LogP contribution is -2.17. The molecule has 0 aliphatic rings. The first kappa shape index (κ1) is 13.1. The molecule has 0 aliphatic carbocycles. The monoisotopic (exact) mass is 260 g/mol. The van der Waals surface area contributed by atoms with E-state index in [9.17, 15) is 4.79 Å². The van der Waals surface area contributed by atoms with Crippen LogP contribution in [0.5, 0.6) is 5.75 Å². The van der Waals surface area contributed by atoms with Gasteiger partial charge in [0.2, 0.25) is 0 Å². The lowest BCUT2D eigenvalue weighted by molar-refractivity contribution is 0.101. The Bertz CT molecular complexity index is 565. The van der Waals surface area contributed by atoms with Crippen molar-refractivity contribution in [3.05, 3.63) is 42.2 Å². The van der Waals surface area contributed by atoms with Gasteiger partial charge in [-0.15, -0.1) is 0 Å². The molecule has 1 heterocycles. The summed E-state index contributed by atoms with van der Waals surface area (Å²) in [4.78, 5) is 12.1. The summed E-state index contributed by atoms with van der Waals surface area (Å²) in [5.74, 6) is 0.368. The maximum atomic E-state index is 12.1. The first-order valence-corrected chi connectivity index (χ1v) is 5.93. The van der Waals surface area contributed by atoms with E-state index in [4.69, 9.17) is 10.5 Å². The summed E-state index contributed by atoms with van der Waals surface area (Å²) in [6.07, 6.45) is 1.58. The standard InChI is InChI=1S/C13H16N4O2/c1-17-11(6-8-15-17)13(18)16-10-4-2-3-5-12(10)19-9-7-14/h2-6,8H,7,9,14H2,1H3,(H,16,18). The van der Waals surface area contributed by atoms with Gasteiger partial charge in [0.05, 0.1) is 5.69 Å². The van der Waals surface area contributed by atoms with Crippen molar-refractivity contribution >= 4 is 11.6 Å². The van der Waals surface area contributed by atoms with Gasteiger partial charge in [0.15, 0.2) is 0 Å². The van der Waals surface area contributed by atoms with E-state index in [1.165, 1.54) is 4.68 Å². The largest absolute Gasteiger partial charge is 0.490 e. The molecule has 19 heavy (non-hydrogen) atoms. The summed E-state index contributed by atoms with van der Waals surface area (Å²) >= 11 is 0. The second-order valence-corrected chi connectivity index (χ2v) is 3.93. The number of aromatic nitrogens is 2. The number of hydrogen-bond acceptors (Lipinski definition) is 4. The van der Waals surface area contributed by atoms with Crippen LogP contribution in [0, 0.1) is 0 Å². The molecular formula is C13H16N4O2. The van der Waals surface area contributed by atoms with Crippen LogP contribution < -0.4 is 15.8 Å². The van der Waals surface area contributed by atoms with Gasteiger partial charge < -0.3 is 15.8 Å². The van der Waals surface area contributed by atoms with Crippen LogP contribution in [-0.4, -0.2) is 28.8 Å². The Hall–Kier alpha value is -2.34. The fraction of sp³-hybridized carbons (Fsp3) is 0.231. The molecule has 0 unspecified atom stereocenters. The van der Waals surface area contributed by atoms with Crippen LogP contribution in [0.15, 0.2) is 36.5 Å². The molecule has 1 aromatic heterocycles. The predicted molar refractivity (Wildman–Crippen MR) is 72.2 cm³/mol. The molecular weight excluding hydrogens is 244 g/mol. The van der Waals surface area contributed by atoms with Crippen LogP contribution in [0.25, 0.3) is 0 Å². The molecule has 0 saturated heterocycles. The number of carbonyl (C=O) groups excluding carboxylic acids is 1. The van der Waals surface area contributed by atoms with Gasteiger partial charge in [-0.1, -0.05) is 12.1 Å². The summed E-state index contributed by atoms with van der Waals surface area (Å²) in [6, 6.07) is 8.88. The molecule has 6 nitrogen and oxygen atoms in total. The molecule has 6 heteroatoms. The van der Waals surface area contributed by atoms with E-state index < -0.39 is 0 Å². The molecule has 0 saturated carbocycles. The molecule has 1 aromatic carbocycles. The number of anilines is 1. The van der Waals surface area contributed by atoms with Crippen molar-refractivity contribution in [2.24, 2.45) is 12.8 Å². The van der Waals surface area contributed by atoms with Gasteiger partial charge in [-0.25, -0.2) is 0 Å². The second kappa shape index (κ2) is 6.01. The minimum Gasteiger partial charge on any atom is -0.490 e. The SMILES string of the molecule is Cn1nccc1C(=O)Nc1ccccc1OCCN. The highest BCUT2D eigenvalue weighted by atomic mass is 16.5. The smallest absolute Gasteiger partial charge is 0.274 e. The molecule has 100 valence electrons. The third kappa shape index (κ3) is 3.11. The molecule has 0 fully saturated rings. The summed E-state index contributed by atoms with van der Waals surface area (Å²) in [5, 5.41) is 6.76. The fourth-order valence-electron chi connectivity index (χ4n) is 1.65. The first-order chi connectivity index (χ1) is 9.22. The maximum Gasteiger partial charge on any atom is 0.274 e. The lowest BCUT2D eigenvalue weighted by atomic mass is 10.2. The summed E-state index contributed by atoms with van der Waals surface area (Å²) in [7, 11) is 1.71. The minimum absolute atomic E-state index is 0.233. The molecule has 3 N–H and O–H groups in total. The Morgan fingerprint density at radius 1 is 1.42 bits per heavy atom. The van der Waals surface area contributed by atoms with Crippen molar-refractivity contribution < 1.29 is 9.53 Å². The fourth-order valence-corrected chi connectivity index (χ4v) is 1.65. The molecule has 0 atom stereocenters. The van der Waals surface area contributed by atoms with E-state index in [2.05, 4.69) is 10.4 Å². The molecule has 2 rings (SSSR count). The van der Waals surface area contributed by atoms with Crippen LogP contribution in [0.4, 0.5) is 5.69 Å². The summed E-state index contributed by atoms with van der Waals surface area (Å²) < 4.78 is 6.99. The number of carbonyl (C=O) groups is 1. The number of nitrogens with one attached hydrogen (secondary N) is 1. The Morgan fingerprint density at radius 3 is 2.89 bits per heavy atom. The Kier molecular flexibility index (Phi) is 4.15. The van der Waals surface area contributed by atoms with Crippen LogP contribution in [0.1, 0.15) is 10.5 Å². The maximum absolute atomic E-state index is 12.1. The Labute approximate surface area is 111 Å². The quantitative estimate of drug-likeness (QED) is 0.840. The van der Waals surface area contributed by atoms with Crippen LogP contribution in [0.2, 0.25) is 0 Å². The number of amides is 1. The van der Waals surface area contributed by atoms with Gasteiger partial charge in [-0.05, 0) is 18.2 Å². The molecule has 0 radical (unpaired) electrons. The Morgan fingerprint density at radius 2 is 2.21 bits per heavy atom. The van der Waals surface area contributed by atoms with Crippen LogP contribution in [0.3, 0.4) is 0 Å². The number of nitrogens with zero attached hydrogens (tertiary/aromatic N) is 2. The minimum atomic E-state index is -0.233. The number of ether oxygens (including phenoxy) is 1. The van der Waals surface area contributed by atoms with E-state index in [-0.39, 0.29) is 5.91 Å². The van der Waals surface area contributed by atoms with Gasteiger partial charge in [0.25, 0.3) is 5.91 Å². The zero-order valence-electron chi connectivity index (χ0n) is 10.7. The summed E-state index contributed by atoms with van der Waals surface area (Å²) in [5.41, 5.74) is 6.49. The number of para-hydroxylation sites is 2. The van der Waals surface area contributed by atoms with Crippen LogP contribution >= 0.6 is 0 Å². The van der Waals surface area contributed by atoms with Crippen LogP contribution in [-0.2, 0) is 7.05 Å². The summed E-state index contributed by atoms with van der Waals surface area (Å²) in [6.45, 7) is 0.822. The third-order valence-electron chi connectivity index (χ3n) is 2.56. The zero-order chi connectivity index (χ0) is 13.7. The topological polar surface area (TPSA) is 82.2 Å². The molecule has 2 aromatic rings. The average molecular weight is 260 g/mol. The van der Waals surface area contributed by atoms with E-state index in [1.807, 2.05) is 12.1 Å². The first-order valence-electron chi connectivity index (χ1n) is 5.93. The van der Waals surface area contributed by atoms with Crippen molar-refractivity contribution in [3.63, 3.8) is 0 Å². The van der Waals surface area contributed by atoms with Crippen molar-refractivity contribution in [2.45, 2.75) is 0 Å². The zero-order valence-corrected chi connectivity index (χ0v) is 10.7. The van der Waals surface area contributed by atoms with Gasteiger partial charge in [0, 0.05) is 19.8 Å². The lowest BCUT2D eigenvalue weighted by Gasteiger charge is -2.11. The third-order valence-corrected chi connectivity index (χ3v) is 2.56. The molecule has 0 bridgehead atoms. The van der Waals surface area contributed by atoms with Crippen molar-refractivity contribution in [2.75, 3.05) is 18.5 Å². The highest BCUT2D eigenvalue weighted by Crippen LogP contribution is 2.24. The number of nitrogens with two attached hydrogens (primary N) is 1. The van der Waals surface area contributed by atoms with E-state index in [0.29, 0.717) is 30.3 Å².